The first kappa shape index (κ1) is 33.8. The average molecular weight is 785 g/mol. The third-order valence-electron chi connectivity index (χ3n) is 13.4. The van der Waals surface area contributed by atoms with Gasteiger partial charge in [-0.2, -0.15) is 0 Å². The number of para-hydroxylation sites is 2. The lowest BCUT2D eigenvalue weighted by Gasteiger charge is -2.39. The summed E-state index contributed by atoms with van der Waals surface area (Å²) in [5.74, 6) is 2.48. The fraction of sp³-hybridized carbons (Fsp3) is 0.0714. The normalized spacial score (nSPS) is 14.6. The minimum absolute atomic E-state index is 0.131. The van der Waals surface area contributed by atoms with E-state index in [9.17, 15) is 0 Å². The second kappa shape index (κ2) is 12.2. The first-order valence-electron chi connectivity index (χ1n) is 20.7. The lowest BCUT2D eigenvalue weighted by Crippen LogP contribution is -2.32. The van der Waals surface area contributed by atoms with E-state index >= 15 is 0 Å². The summed E-state index contributed by atoms with van der Waals surface area (Å²) in [6, 6.07) is 66.0. The van der Waals surface area contributed by atoms with Crippen LogP contribution in [0.15, 0.2) is 182 Å². The van der Waals surface area contributed by atoms with Crippen LogP contribution in [0.1, 0.15) is 47.2 Å². The Morgan fingerprint density at radius 3 is 1.80 bits per heavy atom. The van der Waals surface area contributed by atoms with Gasteiger partial charge < -0.3 is 4.74 Å². The van der Waals surface area contributed by atoms with E-state index in [1.807, 2.05) is 11.3 Å². The summed E-state index contributed by atoms with van der Waals surface area (Å²) >= 11 is 1.84. The molecule has 0 amide bonds. The quantitative estimate of drug-likeness (QED) is 0.179. The molecule has 3 heterocycles. The lowest BCUT2D eigenvalue weighted by atomic mass is 9.66. The number of benzene rings is 8. The van der Waals surface area contributed by atoms with Crippen LogP contribution in [0, 0.1) is 0 Å². The third-order valence-corrected chi connectivity index (χ3v) is 14.6. The standard InChI is InChI=1S/C56H36N2OS/c1-55(2)41-21-6-4-17-37(41)52-38(19-14-25-46(52)55)47-32-48(39-20-13-18-36-35-16-5-12-28-51(35)60-53(36)39)58-54(57-47)33-29-30-43-40(31-33)34-15-3-7-22-42(34)56(43)44-23-8-10-26-49(44)59-50-27-11-9-24-45(50)56/h3-32H,1-2H3. The molecule has 0 unspecified atom stereocenters. The average Bonchev–Trinajstić information content (AvgIpc) is 3.90. The molecule has 0 saturated carbocycles. The van der Waals surface area contributed by atoms with Gasteiger partial charge in [-0.25, -0.2) is 9.97 Å². The Morgan fingerprint density at radius 1 is 0.433 bits per heavy atom. The summed E-state index contributed by atoms with van der Waals surface area (Å²) in [5.41, 5.74) is 16.8. The maximum atomic E-state index is 6.59. The Balaban J connectivity index is 1.08. The van der Waals surface area contributed by atoms with E-state index in [0.29, 0.717) is 5.82 Å². The summed E-state index contributed by atoms with van der Waals surface area (Å²) in [4.78, 5) is 11.1. The fourth-order valence-electron chi connectivity index (χ4n) is 10.8. The molecule has 0 atom stereocenters. The van der Waals surface area contributed by atoms with Crippen LogP contribution >= 0.6 is 11.3 Å². The first-order chi connectivity index (χ1) is 29.5. The van der Waals surface area contributed by atoms with Crippen LogP contribution in [0.3, 0.4) is 0 Å². The van der Waals surface area contributed by atoms with Crippen LogP contribution in [0.4, 0.5) is 0 Å². The monoisotopic (exact) mass is 784 g/mol. The topological polar surface area (TPSA) is 35.0 Å². The van der Waals surface area contributed by atoms with Crippen molar-refractivity contribution in [3.63, 3.8) is 0 Å². The van der Waals surface area contributed by atoms with E-state index < -0.39 is 5.41 Å². The number of nitrogens with zero attached hydrogens (tertiary/aromatic N) is 2. The first-order valence-corrected chi connectivity index (χ1v) is 21.5. The zero-order valence-corrected chi connectivity index (χ0v) is 33.8. The molecule has 10 aromatic rings. The molecule has 4 heteroatoms. The van der Waals surface area contributed by atoms with Gasteiger partial charge in [0.2, 0.25) is 0 Å². The summed E-state index contributed by atoms with van der Waals surface area (Å²) in [7, 11) is 0. The summed E-state index contributed by atoms with van der Waals surface area (Å²) < 4.78 is 9.11. The molecule has 8 aromatic carbocycles. The van der Waals surface area contributed by atoms with Crippen LogP contribution in [-0.2, 0) is 10.8 Å². The van der Waals surface area contributed by atoms with Crippen LogP contribution in [0.5, 0.6) is 11.5 Å². The Bertz CT molecular complexity index is 3420. The van der Waals surface area contributed by atoms with E-state index in [4.69, 9.17) is 14.7 Å². The molecular formula is C56H36N2OS. The van der Waals surface area contributed by atoms with Gasteiger partial charge in [0.25, 0.3) is 0 Å². The van der Waals surface area contributed by atoms with Crippen molar-refractivity contribution in [3.05, 3.63) is 215 Å². The molecule has 60 heavy (non-hydrogen) atoms. The molecule has 2 aliphatic carbocycles. The van der Waals surface area contributed by atoms with E-state index in [1.165, 1.54) is 64.7 Å². The second-order valence-corrected chi connectivity index (χ2v) is 17.8. The highest BCUT2D eigenvalue weighted by atomic mass is 32.1. The summed E-state index contributed by atoms with van der Waals surface area (Å²) in [5, 5.41) is 2.53. The molecule has 282 valence electrons. The Labute approximate surface area is 352 Å². The predicted molar refractivity (Wildman–Crippen MR) is 246 cm³/mol. The molecule has 3 nitrogen and oxygen atoms in total. The van der Waals surface area contributed by atoms with Crippen molar-refractivity contribution in [2.45, 2.75) is 24.7 Å². The SMILES string of the molecule is CC1(C)c2ccccc2-c2c(-c3cc(-c4cccc5c4sc4ccccc45)nc(-c4ccc5c(c4)-c4ccccc4C54c5ccccc5Oc5ccccc54)n3)cccc21. The molecule has 3 aliphatic rings. The van der Waals surface area contributed by atoms with Gasteiger partial charge in [0.05, 0.1) is 16.8 Å². The number of hydrogen-bond acceptors (Lipinski definition) is 4. The van der Waals surface area contributed by atoms with Gasteiger partial charge in [-0.3, -0.25) is 0 Å². The number of rotatable bonds is 3. The van der Waals surface area contributed by atoms with E-state index in [-0.39, 0.29) is 5.41 Å². The minimum atomic E-state index is -0.536. The van der Waals surface area contributed by atoms with E-state index in [2.05, 4.69) is 196 Å². The Hall–Kier alpha value is -7.14. The zero-order chi connectivity index (χ0) is 39.7. The molecule has 0 saturated heterocycles. The van der Waals surface area contributed by atoms with Gasteiger partial charge >= 0.3 is 0 Å². The predicted octanol–water partition coefficient (Wildman–Crippen LogP) is 14.6. The van der Waals surface area contributed by atoms with Crippen molar-refractivity contribution < 1.29 is 4.74 Å². The number of thiophene rings is 1. The largest absolute Gasteiger partial charge is 0.457 e. The molecule has 1 aliphatic heterocycles. The van der Waals surface area contributed by atoms with E-state index in [0.717, 1.165) is 50.7 Å². The van der Waals surface area contributed by atoms with Gasteiger partial charge in [-0.15, -0.1) is 11.3 Å². The van der Waals surface area contributed by atoms with Crippen molar-refractivity contribution in [2.24, 2.45) is 0 Å². The maximum absolute atomic E-state index is 6.59. The van der Waals surface area contributed by atoms with Crippen LogP contribution in [-0.4, -0.2) is 9.97 Å². The third kappa shape index (κ3) is 4.43. The number of aromatic nitrogens is 2. The van der Waals surface area contributed by atoms with Crippen LogP contribution < -0.4 is 4.74 Å². The highest BCUT2D eigenvalue weighted by Crippen LogP contribution is 2.62. The zero-order valence-electron chi connectivity index (χ0n) is 33.0. The molecule has 1 spiro atoms. The second-order valence-electron chi connectivity index (χ2n) is 16.8. The smallest absolute Gasteiger partial charge is 0.160 e. The van der Waals surface area contributed by atoms with Crippen molar-refractivity contribution in [3.8, 4) is 67.7 Å². The number of fused-ring (bicyclic) bond motifs is 15. The Kier molecular flexibility index (Phi) is 6.87. The highest BCUT2D eigenvalue weighted by Gasteiger charge is 2.51. The van der Waals surface area contributed by atoms with Crippen LogP contribution in [0.25, 0.3) is 76.3 Å². The van der Waals surface area contributed by atoms with Crippen molar-refractivity contribution in [1.82, 2.24) is 9.97 Å². The number of hydrogen-bond donors (Lipinski definition) is 0. The molecule has 0 fully saturated rings. The summed E-state index contributed by atoms with van der Waals surface area (Å²) in [6.45, 7) is 4.68. The van der Waals surface area contributed by atoms with Gasteiger partial charge in [0.15, 0.2) is 5.82 Å². The molecule has 0 bridgehead atoms. The lowest BCUT2D eigenvalue weighted by molar-refractivity contribution is 0.436. The highest BCUT2D eigenvalue weighted by molar-refractivity contribution is 7.26. The maximum Gasteiger partial charge on any atom is 0.160 e. The molecule has 13 rings (SSSR count). The van der Waals surface area contributed by atoms with Gasteiger partial charge in [0, 0.05) is 53.4 Å². The fourth-order valence-corrected chi connectivity index (χ4v) is 12.0. The Morgan fingerprint density at radius 2 is 1.00 bits per heavy atom. The molecule has 0 N–H and O–H groups in total. The molecule has 0 radical (unpaired) electrons. The van der Waals surface area contributed by atoms with Gasteiger partial charge in [-0.05, 0) is 74.8 Å². The van der Waals surface area contributed by atoms with Gasteiger partial charge in [0.1, 0.15) is 11.5 Å². The minimum Gasteiger partial charge on any atom is -0.457 e. The van der Waals surface area contributed by atoms with Gasteiger partial charge in [-0.1, -0.05) is 166 Å². The number of ether oxygens (including phenoxy) is 1. The van der Waals surface area contributed by atoms with Crippen molar-refractivity contribution in [2.75, 3.05) is 0 Å². The molecule has 2 aromatic heterocycles. The van der Waals surface area contributed by atoms with Crippen molar-refractivity contribution >= 4 is 31.5 Å². The van der Waals surface area contributed by atoms with E-state index in [1.54, 1.807) is 0 Å². The molecular weight excluding hydrogens is 749 g/mol. The van der Waals surface area contributed by atoms with Crippen LogP contribution in [0.2, 0.25) is 0 Å². The summed E-state index contributed by atoms with van der Waals surface area (Å²) in [6.07, 6.45) is 0. The van der Waals surface area contributed by atoms with Crippen molar-refractivity contribution in [1.29, 1.82) is 0 Å².